The van der Waals surface area contributed by atoms with E-state index in [1.165, 1.54) is 7.11 Å². The second kappa shape index (κ2) is 11.7. The van der Waals surface area contributed by atoms with Crippen LogP contribution in [0.5, 0.6) is 0 Å². The maximum atomic E-state index is 12.4. The Morgan fingerprint density at radius 2 is 1.63 bits per heavy atom. The van der Waals surface area contributed by atoms with Gasteiger partial charge in [0, 0.05) is 57.8 Å². The minimum absolute atomic E-state index is 0.0367. The number of alkyl halides is 3. The summed E-state index contributed by atoms with van der Waals surface area (Å²) in [5, 5.41) is 5.48. The van der Waals surface area contributed by atoms with Crippen LogP contribution in [0.1, 0.15) is 6.42 Å². The molecule has 1 aliphatic heterocycles. The van der Waals surface area contributed by atoms with Gasteiger partial charge in [-0.2, -0.15) is 13.2 Å². The summed E-state index contributed by atoms with van der Waals surface area (Å²) < 4.78 is 45.4. The lowest BCUT2D eigenvalue weighted by molar-refractivity contribution is -0.174. The van der Waals surface area contributed by atoms with E-state index in [9.17, 15) is 22.8 Å². The molecule has 8 nitrogen and oxygen atoms in total. The number of carbonyl (C=O) groups is 2. The van der Waals surface area contributed by atoms with Crippen molar-refractivity contribution in [1.29, 1.82) is 0 Å². The maximum Gasteiger partial charge on any atom is 0.411 e. The van der Waals surface area contributed by atoms with Crippen molar-refractivity contribution in [2.24, 2.45) is 0 Å². The van der Waals surface area contributed by atoms with Crippen LogP contribution in [0.15, 0.2) is 24.3 Å². The molecule has 1 heterocycles. The predicted molar refractivity (Wildman–Crippen MR) is 105 cm³/mol. The molecule has 2 rings (SSSR count). The highest BCUT2D eigenvalue weighted by Gasteiger charge is 2.27. The molecule has 0 spiro atoms. The summed E-state index contributed by atoms with van der Waals surface area (Å²) in [6, 6.07) is 6.53. The Kier molecular flexibility index (Phi) is 9.34. The standard InChI is InChI=1S/C19H27F3N4O4/c1-29-13-17(27)23-15-3-5-16(6-4-15)24-18(28)26-10-8-25(9-11-26)7-2-12-30-14-19(20,21)22/h3-6H,2,7-14H2,1H3,(H,23,27)(H,24,28). The molecule has 0 saturated carbocycles. The molecule has 1 aromatic rings. The summed E-state index contributed by atoms with van der Waals surface area (Å²) in [7, 11) is 1.44. The number of urea groups is 1. The molecule has 11 heteroatoms. The lowest BCUT2D eigenvalue weighted by Gasteiger charge is -2.34. The number of methoxy groups -OCH3 is 1. The zero-order chi connectivity index (χ0) is 22.0. The van der Waals surface area contributed by atoms with Gasteiger partial charge in [0.2, 0.25) is 5.91 Å². The topological polar surface area (TPSA) is 83.1 Å². The van der Waals surface area contributed by atoms with Crippen molar-refractivity contribution in [3.63, 3.8) is 0 Å². The van der Waals surface area contributed by atoms with Crippen molar-refractivity contribution in [2.75, 3.05) is 70.3 Å². The van der Waals surface area contributed by atoms with E-state index in [2.05, 4.69) is 20.3 Å². The number of hydrogen-bond donors (Lipinski definition) is 2. The molecular formula is C19H27F3N4O4. The second-order valence-electron chi connectivity index (χ2n) is 6.84. The lowest BCUT2D eigenvalue weighted by atomic mass is 10.2. The molecule has 2 N–H and O–H groups in total. The molecule has 1 fully saturated rings. The number of piperazine rings is 1. The third-order valence-electron chi connectivity index (χ3n) is 4.38. The summed E-state index contributed by atoms with van der Waals surface area (Å²) in [4.78, 5) is 27.7. The Morgan fingerprint density at radius 3 is 2.20 bits per heavy atom. The minimum atomic E-state index is -4.29. The predicted octanol–water partition coefficient (Wildman–Crippen LogP) is 2.39. The lowest BCUT2D eigenvalue weighted by Crippen LogP contribution is -2.50. The number of halogens is 3. The minimum Gasteiger partial charge on any atom is -0.375 e. The molecule has 0 unspecified atom stereocenters. The van der Waals surface area contributed by atoms with Gasteiger partial charge in [0.1, 0.15) is 13.2 Å². The fourth-order valence-electron chi connectivity index (χ4n) is 2.92. The van der Waals surface area contributed by atoms with Crippen LogP contribution in [0.3, 0.4) is 0 Å². The number of ether oxygens (including phenoxy) is 2. The highest BCUT2D eigenvalue weighted by atomic mass is 19.4. The van der Waals surface area contributed by atoms with Crippen molar-refractivity contribution in [3.8, 4) is 0 Å². The van der Waals surface area contributed by atoms with Crippen molar-refractivity contribution < 1.29 is 32.2 Å². The first kappa shape index (κ1) is 23.9. The number of amides is 3. The number of nitrogens with zero attached hydrogens (tertiary/aromatic N) is 2. The summed E-state index contributed by atoms with van der Waals surface area (Å²) in [5.41, 5.74) is 1.21. The Balaban J connectivity index is 1.66. The van der Waals surface area contributed by atoms with Gasteiger partial charge in [0.25, 0.3) is 0 Å². The van der Waals surface area contributed by atoms with Crippen LogP contribution < -0.4 is 10.6 Å². The number of carbonyl (C=O) groups excluding carboxylic acids is 2. The number of benzene rings is 1. The molecule has 1 aliphatic rings. The van der Waals surface area contributed by atoms with Gasteiger partial charge in [-0.1, -0.05) is 0 Å². The molecule has 168 valence electrons. The van der Waals surface area contributed by atoms with Gasteiger partial charge in [-0.15, -0.1) is 0 Å². The molecule has 1 saturated heterocycles. The van der Waals surface area contributed by atoms with E-state index in [1.54, 1.807) is 29.2 Å². The third-order valence-corrected chi connectivity index (χ3v) is 4.38. The first-order chi connectivity index (χ1) is 14.3. The van der Waals surface area contributed by atoms with E-state index in [0.29, 0.717) is 50.5 Å². The second-order valence-corrected chi connectivity index (χ2v) is 6.84. The van der Waals surface area contributed by atoms with Crippen molar-refractivity contribution in [2.45, 2.75) is 12.6 Å². The van der Waals surface area contributed by atoms with E-state index in [0.717, 1.165) is 0 Å². The van der Waals surface area contributed by atoms with Crippen LogP contribution in [-0.2, 0) is 14.3 Å². The molecule has 30 heavy (non-hydrogen) atoms. The highest BCUT2D eigenvalue weighted by molar-refractivity contribution is 5.93. The molecule has 0 radical (unpaired) electrons. The van der Waals surface area contributed by atoms with Crippen LogP contribution in [0.4, 0.5) is 29.3 Å². The Hall–Kier alpha value is -2.37. The molecule has 0 bridgehead atoms. The normalized spacial score (nSPS) is 15.1. The van der Waals surface area contributed by atoms with Gasteiger partial charge < -0.3 is 25.0 Å². The highest BCUT2D eigenvalue weighted by Crippen LogP contribution is 2.16. The third kappa shape index (κ3) is 8.97. The number of rotatable bonds is 9. The van der Waals surface area contributed by atoms with Crippen molar-refractivity contribution in [1.82, 2.24) is 9.80 Å². The molecule has 1 aromatic carbocycles. The Morgan fingerprint density at radius 1 is 1.03 bits per heavy atom. The molecule has 0 aliphatic carbocycles. The number of anilines is 2. The molecular weight excluding hydrogens is 405 g/mol. The van der Waals surface area contributed by atoms with Gasteiger partial charge in [0.15, 0.2) is 0 Å². The van der Waals surface area contributed by atoms with Gasteiger partial charge in [0.05, 0.1) is 0 Å². The SMILES string of the molecule is COCC(=O)Nc1ccc(NC(=O)N2CCN(CCCOCC(F)(F)F)CC2)cc1. The van der Waals surface area contributed by atoms with E-state index < -0.39 is 12.8 Å². The van der Waals surface area contributed by atoms with Crippen LogP contribution in [-0.4, -0.2) is 87.6 Å². The zero-order valence-electron chi connectivity index (χ0n) is 16.8. The van der Waals surface area contributed by atoms with Gasteiger partial charge >= 0.3 is 12.2 Å². The van der Waals surface area contributed by atoms with Crippen LogP contribution in [0, 0.1) is 0 Å². The summed E-state index contributed by atoms with van der Waals surface area (Å²) in [6.45, 7) is 1.79. The molecule has 0 atom stereocenters. The Bertz CT molecular complexity index is 677. The van der Waals surface area contributed by atoms with Crippen molar-refractivity contribution in [3.05, 3.63) is 24.3 Å². The van der Waals surface area contributed by atoms with E-state index in [4.69, 9.17) is 4.74 Å². The van der Waals surface area contributed by atoms with Crippen LogP contribution in [0.25, 0.3) is 0 Å². The van der Waals surface area contributed by atoms with Crippen molar-refractivity contribution >= 4 is 23.3 Å². The summed E-state index contributed by atoms with van der Waals surface area (Å²) in [6.07, 6.45) is -3.78. The average Bonchev–Trinajstić information content (AvgIpc) is 2.69. The first-order valence-electron chi connectivity index (χ1n) is 9.58. The zero-order valence-corrected chi connectivity index (χ0v) is 16.8. The largest absolute Gasteiger partial charge is 0.411 e. The monoisotopic (exact) mass is 432 g/mol. The Labute approximate surface area is 173 Å². The van der Waals surface area contributed by atoms with Gasteiger partial charge in [-0.05, 0) is 30.7 Å². The summed E-state index contributed by atoms with van der Waals surface area (Å²) in [5.74, 6) is -0.265. The van der Waals surface area contributed by atoms with Gasteiger partial charge in [-0.3, -0.25) is 9.69 Å². The van der Waals surface area contributed by atoms with E-state index in [1.807, 2.05) is 0 Å². The molecule has 3 amide bonds. The fraction of sp³-hybridized carbons (Fsp3) is 0.579. The molecule has 0 aromatic heterocycles. The number of nitrogens with one attached hydrogen (secondary N) is 2. The van der Waals surface area contributed by atoms with Gasteiger partial charge in [-0.25, -0.2) is 4.79 Å². The maximum absolute atomic E-state index is 12.4. The van der Waals surface area contributed by atoms with E-state index >= 15 is 0 Å². The smallest absolute Gasteiger partial charge is 0.375 e. The van der Waals surface area contributed by atoms with Crippen LogP contribution >= 0.6 is 0 Å². The quantitative estimate of drug-likeness (QED) is 0.586. The van der Waals surface area contributed by atoms with E-state index in [-0.39, 0.29) is 25.2 Å². The fourth-order valence-corrected chi connectivity index (χ4v) is 2.92. The summed E-state index contributed by atoms with van der Waals surface area (Å²) >= 11 is 0. The number of hydrogen-bond acceptors (Lipinski definition) is 5. The average molecular weight is 432 g/mol. The first-order valence-corrected chi connectivity index (χ1v) is 9.58. The van der Waals surface area contributed by atoms with Crippen LogP contribution in [0.2, 0.25) is 0 Å².